The second-order valence-corrected chi connectivity index (χ2v) is 10.9. The predicted octanol–water partition coefficient (Wildman–Crippen LogP) is 5.93. The molecule has 33 heavy (non-hydrogen) atoms. The van der Waals surface area contributed by atoms with E-state index in [1.165, 1.54) is 5.56 Å². The van der Waals surface area contributed by atoms with E-state index in [-0.39, 0.29) is 29.3 Å². The van der Waals surface area contributed by atoms with Crippen molar-refractivity contribution in [3.8, 4) is 5.75 Å². The fourth-order valence-electron chi connectivity index (χ4n) is 4.08. The minimum absolute atomic E-state index is 0.0283. The zero-order valence-corrected chi connectivity index (χ0v) is 21.0. The van der Waals surface area contributed by atoms with E-state index in [0.29, 0.717) is 17.0 Å². The van der Waals surface area contributed by atoms with Gasteiger partial charge in [-0.3, -0.25) is 9.59 Å². The minimum Gasteiger partial charge on any atom is -0.483 e. The molecule has 1 saturated heterocycles. The van der Waals surface area contributed by atoms with Crippen molar-refractivity contribution in [2.24, 2.45) is 0 Å². The summed E-state index contributed by atoms with van der Waals surface area (Å²) in [6, 6.07) is 13.4. The van der Waals surface area contributed by atoms with Gasteiger partial charge in [0.25, 0.3) is 11.8 Å². The number of ether oxygens (including phenoxy) is 1. The maximum atomic E-state index is 13.0. The number of nitrogens with zero attached hydrogens (tertiary/aromatic N) is 1. The maximum absolute atomic E-state index is 13.0. The molecule has 178 valence electrons. The standard InChI is InChI=1S/C28H38N2O3/c1-27(2,3)20-14-15-24(22(18-20)28(4,5)6)33-19-25(31)29-23-13-9-8-12-21(23)26(32)30-16-10-7-11-17-30/h8-9,12-15,18H,7,10-11,16-17,19H2,1-6H3,(H,29,31). The van der Waals surface area contributed by atoms with Crippen LogP contribution in [0.3, 0.4) is 0 Å². The van der Waals surface area contributed by atoms with Crippen LogP contribution < -0.4 is 10.1 Å². The lowest BCUT2D eigenvalue weighted by atomic mass is 9.80. The number of hydrogen-bond acceptors (Lipinski definition) is 3. The number of amides is 2. The molecular formula is C28H38N2O3. The van der Waals surface area contributed by atoms with E-state index >= 15 is 0 Å². The molecule has 0 unspecified atom stereocenters. The Morgan fingerprint density at radius 3 is 2.21 bits per heavy atom. The topological polar surface area (TPSA) is 58.6 Å². The molecule has 2 aromatic rings. The van der Waals surface area contributed by atoms with Gasteiger partial charge in [-0.2, -0.15) is 0 Å². The number of likely N-dealkylation sites (tertiary alicyclic amines) is 1. The first-order valence-electron chi connectivity index (χ1n) is 11.9. The second-order valence-electron chi connectivity index (χ2n) is 10.9. The van der Waals surface area contributed by atoms with Crippen molar-refractivity contribution in [1.82, 2.24) is 4.90 Å². The lowest BCUT2D eigenvalue weighted by molar-refractivity contribution is -0.118. The lowest BCUT2D eigenvalue weighted by Crippen LogP contribution is -2.36. The highest BCUT2D eigenvalue weighted by Gasteiger charge is 2.24. The zero-order chi connectivity index (χ0) is 24.2. The van der Waals surface area contributed by atoms with Crippen molar-refractivity contribution in [1.29, 1.82) is 0 Å². The smallest absolute Gasteiger partial charge is 0.262 e. The molecule has 1 fully saturated rings. The Bertz CT molecular complexity index is 993. The van der Waals surface area contributed by atoms with Crippen molar-refractivity contribution in [2.45, 2.75) is 71.6 Å². The van der Waals surface area contributed by atoms with Crippen molar-refractivity contribution in [3.05, 3.63) is 59.2 Å². The van der Waals surface area contributed by atoms with Crippen LogP contribution in [-0.4, -0.2) is 36.4 Å². The Morgan fingerprint density at radius 1 is 0.909 bits per heavy atom. The van der Waals surface area contributed by atoms with Crippen LogP contribution in [0.25, 0.3) is 0 Å². The third-order valence-electron chi connectivity index (χ3n) is 6.09. The molecule has 0 saturated carbocycles. The molecule has 1 heterocycles. The van der Waals surface area contributed by atoms with Crippen molar-refractivity contribution in [2.75, 3.05) is 25.0 Å². The average molecular weight is 451 g/mol. The number of piperidine rings is 1. The number of hydrogen-bond donors (Lipinski definition) is 1. The van der Waals surface area contributed by atoms with E-state index in [2.05, 4.69) is 59.0 Å². The normalized spacial score (nSPS) is 14.7. The zero-order valence-electron chi connectivity index (χ0n) is 21.0. The molecular weight excluding hydrogens is 412 g/mol. The summed E-state index contributed by atoms with van der Waals surface area (Å²) in [5.74, 6) is 0.399. The summed E-state index contributed by atoms with van der Waals surface area (Å²) in [5, 5.41) is 2.88. The number of carbonyl (C=O) groups is 2. The third kappa shape index (κ3) is 6.37. The van der Waals surface area contributed by atoms with Crippen LogP contribution in [0.2, 0.25) is 0 Å². The van der Waals surface area contributed by atoms with Crippen LogP contribution in [0, 0.1) is 0 Å². The van der Waals surface area contributed by atoms with Gasteiger partial charge in [-0.15, -0.1) is 0 Å². The highest BCUT2D eigenvalue weighted by atomic mass is 16.5. The van der Waals surface area contributed by atoms with Gasteiger partial charge >= 0.3 is 0 Å². The van der Waals surface area contributed by atoms with Crippen LogP contribution >= 0.6 is 0 Å². The van der Waals surface area contributed by atoms with Gasteiger partial charge in [0.15, 0.2) is 6.61 Å². The summed E-state index contributed by atoms with van der Waals surface area (Å²) >= 11 is 0. The Morgan fingerprint density at radius 2 is 1.58 bits per heavy atom. The number of benzene rings is 2. The fourth-order valence-corrected chi connectivity index (χ4v) is 4.08. The van der Waals surface area contributed by atoms with Crippen molar-refractivity contribution in [3.63, 3.8) is 0 Å². The molecule has 0 bridgehead atoms. The maximum Gasteiger partial charge on any atom is 0.262 e. The number of carbonyl (C=O) groups excluding carboxylic acids is 2. The predicted molar refractivity (Wildman–Crippen MR) is 134 cm³/mol. The van der Waals surface area contributed by atoms with E-state index in [9.17, 15) is 9.59 Å². The summed E-state index contributed by atoms with van der Waals surface area (Å²) in [4.78, 5) is 27.6. The average Bonchev–Trinajstić information content (AvgIpc) is 2.77. The highest BCUT2D eigenvalue weighted by molar-refractivity contribution is 6.04. The van der Waals surface area contributed by atoms with Crippen LogP contribution in [0.15, 0.2) is 42.5 Å². The van der Waals surface area contributed by atoms with Crippen LogP contribution in [0.1, 0.15) is 82.3 Å². The molecule has 0 atom stereocenters. The molecule has 5 heteroatoms. The first-order valence-corrected chi connectivity index (χ1v) is 11.9. The molecule has 5 nitrogen and oxygen atoms in total. The Balaban J connectivity index is 1.72. The van der Waals surface area contributed by atoms with Crippen LogP contribution in [0.5, 0.6) is 5.75 Å². The molecule has 0 spiro atoms. The van der Waals surface area contributed by atoms with E-state index in [0.717, 1.165) is 37.9 Å². The Labute approximate surface area is 198 Å². The largest absolute Gasteiger partial charge is 0.483 e. The van der Waals surface area contributed by atoms with Crippen LogP contribution in [0.4, 0.5) is 5.69 Å². The molecule has 0 radical (unpaired) electrons. The number of para-hydroxylation sites is 1. The first-order chi connectivity index (χ1) is 15.5. The lowest BCUT2D eigenvalue weighted by Gasteiger charge is -2.28. The van der Waals surface area contributed by atoms with E-state index < -0.39 is 0 Å². The fraction of sp³-hybridized carbons (Fsp3) is 0.500. The molecule has 2 aromatic carbocycles. The van der Waals surface area contributed by atoms with E-state index in [1.807, 2.05) is 23.1 Å². The summed E-state index contributed by atoms with van der Waals surface area (Å²) in [7, 11) is 0. The number of nitrogens with one attached hydrogen (secondary N) is 1. The minimum atomic E-state index is -0.284. The van der Waals surface area contributed by atoms with Gasteiger partial charge in [-0.25, -0.2) is 0 Å². The van der Waals surface area contributed by atoms with E-state index in [1.54, 1.807) is 12.1 Å². The van der Waals surface area contributed by atoms with Gasteiger partial charge in [0.2, 0.25) is 0 Å². The van der Waals surface area contributed by atoms with Gasteiger partial charge in [0, 0.05) is 13.1 Å². The summed E-state index contributed by atoms with van der Waals surface area (Å²) < 4.78 is 5.97. The van der Waals surface area contributed by atoms with Gasteiger partial charge in [0.05, 0.1) is 11.3 Å². The first kappa shape index (κ1) is 24.8. The molecule has 0 aliphatic carbocycles. The molecule has 3 rings (SSSR count). The molecule has 1 aliphatic rings. The number of anilines is 1. The molecule has 1 aliphatic heterocycles. The highest BCUT2D eigenvalue weighted by Crippen LogP contribution is 2.35. The summed E-state index contributed by atoms with van der Waals surface area (Å²) in [6.07, 6.45) is 3.21. The van der Waals surface area contributed by atoms with Crippen molar-refractivity contribution < 1.29 is 14.3 Å². The SMILES string of the molecule is CC(C)(C)c1ccc(OCC(=O)Nc2ccccc2C(=O)N2CCCCC2)c(C(C)(C)C)c1. The summed E-state index contributed by atoms with van der Waals surface area (Å²) in [6.45, 7) is 14.4. The Kier molecular flexibility index (Phi) is 7.51. The van der Waals surface area contributed by atoms with E-state index in [4.69, 9.17) is 4.74 Å². The van der Waals surface area contributed by atoms with Gasteiger partial charge in [-0.05, 0) is 59.4 Å². The summed E-state index contributed by atoms with van der Waals surface area (Å²) in [5.41, 5.74) is 3.26. The van der Waals surface area contributed by atoms with Gasteiger partial charge < -0.3 is 15.0 Å². The molecule has 0 aromatic heterocycles. The molecule has 1 N–H and O–H groups in total. The van der Waals surface area contributed by atoms with Gasteiger partial charge in [-0.1, -0.05) is 65.8 Å². The monoisotopic (exact) mass is 450 g/mol. The van der Waals surface area contributed by atoms with Crippen molar-refractivity contribution >= 4 is 17.5 Å². The van der Waals surface area contributed by atoms with Crippen LogP contribution in [-0.2, 0) is 15.6 Å². The Hall–Kier alpha value is -2.82. The second kappa shape index (κ2) is 9.98. The molecule has 2 amide bonds. The third-order valence-corrected chi connectivity index (χ3v) is 6.09. The van der Waals surface area contributed by atoms with Gasteiger partial charge in [0.1, 0.15) is 5.75 Å². The quantitative estimate of drug-likeness (QED) is 0.615. The number of rotatable bonds is 5.